The molecule has 0 aliphatic rings. The molecule has 3 aromatic rings. The Bertz CT molecular complexity index is 696. The van der Waals surface area contributed by atoms with Crippen LogP contribution in [0.1, 0.15) is 28.8 Å². The Hall–Kier alpha value is -2.42. The molecule has 0 heterocycles. The van der Waals surface area contributed by atoms with Crippen LogP contribution in [0, 0.1) is 0 Å². The molecule has 0 radical (unpaired) electrons. The molecule has 0 unspecified atom stereocenters. The molecular formula is C21H22N2. The van der Waals surface area contributed by atoms with Gasteiger partial charge >= 0.3 is 0 Å². The molecule has 2 atom stereocenters. The zero-order valence-electron chi connectivity index (χ0n) is 13.1. The molecule has 0 aliphatic carbocycles. The molecule has 0 aromatic heterocycles. The third-order valence-corrected chi connectivity index (χ3v) is 4.07. The largest absolute Gasteiger partial charge is 0.322 e. The van der Waals surface area contributed by atoms with E-state index in [-0.39, 0.29) is 12.1 Å². The lowest BCUT2D eigenvalue weighted by Gasteiger charge is -2.26. The second-order valence-electron chi connectivity index (χ2n) is 5.69. The highest BCUT2D eigenvalue weighted by Gasteiger charge is 2.20. The van der Waals surface area contributed by atoms with Gasteiger partial charge in [0, 0.05) is 12.6 Å². The second-order valence-corrected chi connectivity index (χ2v) is 5.69. The van der Waals surface area contributed by atoms with Crippen LogP contribution < -0.4 is 11.1 Å². The number of benzene rings is 3. The summed E-state index contributed by atoms with van der Waals surface area (Å²) in [6, 6.07) is 31.1. The normalized spacial score (nSPS) is 13.4. The fraction of sp³-hybridized carbons (Fsp3) is 0.143. The average Bonchev–Trinajstić information content (AvgIpc) is 2.64. The van der Waals surface area contributed by atoms with Gasteiger partial charge in [0.15, 0.2) is 0 Å². The van der Waals surface area contributed by atoms with E-state index in [0.717, 1.165) is 12.1 Å². The SMILES string of the molecule is N[C@@H](c1ccccc1)[C@H](NCc1ccccc1)c1ccccc1. The zero-order chi connectivity index (χ0) is 15.9. The summed E-state index contributed by atoms with van der Waals surface area (Å²) < 4.78 is 0. The van der Waals surface area contributed by atoms with Gasteiger partial charge in [0.1, 0.15) is 0 Å². The smallest absolute Gasteiger partial charge is 0.0518 e. The van der Waals surface area contributed by atoms with Crippen molar-refractivity contribution in [3.8, 4) is 0 Å². The van der Waals surface area contributed by atoms with Gasteiger partial charge in [-0.15, -0.1) is 0 Å². The van der Waals surface area contributed by atoms with E-state index in [1.165, 1.54) is 11.1 Å². The van der Waals surface area contributed by atoms with Crippen molar-refractivity contribution in [3.05, 3.63) is 108 Å². The molecule has 0 aliphatic heterocycles. The first-order valence-corrected chi connectivity index (χ1v) is 7.97. The lowest BCUT2D eigenvalue weighted by molar-refractivity contribution is 0.452. The standard InChI is InChI=1S/C21H22N2/c22-20(18-12-6-2-7-13-18)21(19-14-8-3-9-15-19)23-16-17-10-4-1-5-11-17/h1-15,20-21,23H,16,22H2/t20-,21+/m0/s1. The van der Waals surface area contributed by atoms with Crippen molar-refractivity contribution < 1.29 is 0 Å². The first-order chi connectivity index (χ1) is 11.3. The first-order valence-electron chi connectivity index (χ1n) is 7.97. The Morgan fingerprint density at radius 3 is 1.70 bits per heavy atom. The van der Waals surface area contributed by atoms with Gasteiger partial charge in [0.25, 0.3) is 0 Å². The van der Waals surface area contributed by atoms with Crippen molar-refractivity contribution in [2.75, 3.05) is 0 Å². The third kappa shape index (κ3) is 4.07. The van der Waals surface area contributed by atoms with Gasteiger partial charge in [-0.1, -0.05) is 91.0 Å². The van der Waals surface area contributed by atoms with E-state index in [1.54, 1.807) is 0 Å². The number of hydrogen-bond acceptors (Lipinski definition) is 2. The number of nitrogens with two attached hydrogens (primary N) is 1. The summed E-state index contributed by atoms with van der Waals surface area (Å²) >= 11 is 0. The number of nitrogens with one attached hydrogen (secondary N) is 1. The minimum absolute atomic E-state index is 0.0683. The van der Waals surface area contributed by atoms with Crippen LogP contribution in [0.3, 0.4) is 0 Å². The van der Waals surface area contributed by atoms with Gasteiger partial charge in [-0.3, -0.25) is 0 Å². The van der Waals surface area contributed by atoms with E-state index in [1.807, 2.05) is 30.3 Å². The molecule has 0 bridgehead atoms. The summed E-state index contributed by atoms with van der Waals surface area (Å²) in [7, 11) is 0. The van der Waals surface area contributed by atoms with Crippen molar-refractivity contribution in [1.82, 2.24) is 5.32 Å². The fourth-order valence-corrected chi connectivity index (χ4v) is 2.80. The van der Waals surface area contributed by atoms with Crippen molar-refractivity contribution in [1.29, 1.82) is 0 Å². The van der Waals surface area contributed by atoms with Crippen molar-refractivity contribution in [2.45, 2.75) is 18.6 Å². The Morgan fingerprint density at radius 1 is 0.652 bits per heavy atom. The quantitative estimate of drug-likeness (QED) is 0.715. The monoisotopic (exact) mass is 302 g/mol. The molecular weight excluding hydrogens is 280 g/mol. The molecule has 23 heavy (non-hydrogen) atoms. The Labute approximate surface area is 138 Å². The lowest BCUT2D eigenvalue weighted by Crippen LogP contribution is -2.31. The Morgan fingerprint density at radius 2 is 1.13 bits per heavy atom. The van der Waals surface area contributed by atoms with Crippen molar-refractivity contribution >= 4 is 0 Å². The molecule has 0 fully saturated rings. The zero-order valence-corrected chi connectivity index (χ0v) is 13.1. The molecule has 2 heteroatoms. The third-order valence-electron chi connectivity index (χ3n) is 4.07. The predicted molar refractivity (Wildman–Crippen MR) is 95.8 cm³/mol. The summed E-state index contributed by atoms with van der Waals surface area (Å²) in [5, 5.41) is 3.63. The van der Waals surface area contributed by atoms with Gasteiger partial charge in [-0.05, 0) is 16.7 Å². The maximum absolute atomic E-state index is 6.57. The van der Waals surface area contributed by atoms with Crippen LogP contribution in [0.15, 0.2) is 91.0 Å². The Kier molecular flexibility index (Phi) is 5.20. The molecule has 3 rings (SSSR count). The van der Waals surface area contributed by atoms with E-state index in [2.05, 4.69) is 66.0 Å². The van der Waals surface area contributed by atoms with Crippen LogP contribution in [-0.4, -0.2) is 0 Å². The second kappa shape index (κ2) is 7.73. The minimum atomic E-state index is -0.0951. The van der Waals surface area contributed by atoms with E-state index in [4.69, 9.17) is 5.73 Å². The molecule has 0 amide bonds. The van der Waals surface area contributed by atoms with Gasteiger partial charge in [-0.2, -0.15) is 0 Å². The lowest BCUT2D eigenvalue weighted by atomic mass is 9.94. The molecule has 2 nitrogen and oxygen atoms in total. The van der Waals surface area contributed by atoms with Crippen LogP contribution >= 0.6 is 0 Å². The van der Waals surface area contributed by atoms with E-state index in [9.17, 15) is 0 Å². The summed E-state index contributed by atoms with van der Waals surface area (Å²) in [5.74, 6) is 0. The highest BCUT2D eigenvalue weighted by molar-refractivity contribution is 5.27. The van der Waals surface area contributed by atoms with Gasteiger partial charge in [-0.25, -0.2) is 0 Å². The van der Waals surface area contributed by atoms with E-state index in [0.29, 0.717) is 0 Å². The first kappa shape index (κ1) is 15.5. The molecule has 0 saturated carbocycles. The average molecular weight is 302 g/mol. The summed E-state index contributed by atoms with van der Waals surface area (Å²) in [6.07, 6.45) is 0. The van der Waals surface area contributed by atoms with E-state index >= 15 is 0 Å². The summed E-state index contributed by atoms with van der Waals surface area (Å²) in [4.78, 5) is 0. The van der Waals surface area contributed by atoms with Crippen molar-refractivity contribution in [2.24, 2.45) is 5.73 Å². The number of rotatable bonds is 6. The minimum Gasteiger partial charge on any atom is -0.322 e. The highest BCUT2D eigenvalue weighted by Crippen LogP contribution is 2.27. The Balaban J connectivity index is 1.82. The van der Waals surface area contributed by atoms with Crippen molar-refractivity contribution in [3.63, 3.8) is 0 Å². The van der Waals surface area contributed by atoms with E-state index < -0.39 is 0 Å². The van der Waals surface area contributed by atoms with Gasteiger partial charge < -0.3 is 11.1 Å². The maximum atomic E-state index is 6.57. The van der Waals surface area contributed by atoms with Gasteiger partial charge in [0.05, 0.1) is 6.04 Å². The van der Waals surface area contributed by atoms with Crippen LogP contribution in [0.4, 0.5) is 0 Å². The highest BCUT2D eigenvalue weighted by atomic mass is 15.0. The number of hydrogen-bond donors (Lipinski definition) is 2. The van der Waals surface area contributed by atoms with Gasteiger partial charge in [0.2, 0.25) is 0 Å². The summed E-state index contributed by atoms with van der Waals surface area (Å²) in [6.45, 7) is 0.793. The predicted octanol–water partition coefficient (Wildman–Crippen LogP) is 4.22. The molecule has 0 saturated heterocycles. The van der Waals surface area contributed by atoms with Crippen LogP contribution in [0.2, 0.25) is 0 Å². The molecule has 3 aromatic carbocycles. The molecule has 116 valence electrons. The summed E-state index contributed by atoms with van der Waals surface area (Å²) in [5.41, 5.74) is 10.2. The fourth-order valence-electron chi connectivity index (χ4n) is 2.80. The molecule has 3 N–H and O–H groups in total. The molecule has 0 spiro atoms. The topological polar surface area (TPSA) is 38.0 Å². The van der Waals surface area contributed by atoms with Crippen LogP contribution in [0.25, 0.3) is 0 Å². The maximum Gasteiger partial charge on any atom is 0.0518 e. The van der Waals surface area contributed by atoms with Crippen LogP contribution in [-0.2, 0) is 6.54 Å². The van der Waals surface area contributed by atoms with Crippen LogP contribution in [0.5, 0.6) is 0 Å².